The van der Waals surface area contributed by atoms with Crippen LogP contribution in [0.25, 0.3) is 0 Å². The van der Waals surface area contributed by atoms with Gasteiger partial charge in [-0.15, -0.1) is 0 Å². The van der Waals surface area contributed by atoms with E-state index in [2.05, 4.69) is 0 Å². The Balaban J connectivity index is 0.000000277. The number of hydrogen-bond donors (Lipinski definition) is 4. The normalized spacial score (nSPS) is 9.48. The Morgan fingerprint density at radius 2 is 1.04 bits per heavy atom. The van der Waals surface area contributed by atoms with E-state index in [1.54, 1.807) is 0 Å². The van der Waals surface area contributed by atoms with Gasteiger partial charge in [0.1, 0.15) is 5.56 Å². The molecule has 11 nitrogen and oxygen atoms in total. The molecule has 27 heavy (non-hydrogen) atoms. The first-order valence-corrected chi connectivity index (χ1v) is 6.86. The molecule has 0 saturated carbocycles. The third-order valence-corrected chi connectivity index (χ3v) is 3.05. The van der Waals surface area contributed by atoms with Crippen LogP contribution >= 0.6 is 0 Å². The molecule has 2 rings (SSSR count). The molecule has 0 aliphatic carbocycles. The number of carbonyl (C=O) groups is 4. The van der Waals surface area contributed by atoms with E-state index in [1.165, 1.54) is 24.3 Å². The van der Waals surface area contributed by atoms with Crippen LogP contribution in [0.5, 0.6) is 0 Å². The van der Waals surface area contributed by atoms with Gasteiger partial charge in [-0.2, -0.15) is 0 Å². The molecule has 2 aromatic carbocycles. The first-order valence-electron chi connectivity index (χ1n) is 6.86. The van der Waals surface area contributed by atoms with Gasteiger partial charge in [0.2, 0.25) is 0 Å². The second-order valence-corrected chi connectivity index (χ2v) is 4.79. The lowest BCUT2D eigenvalue weighted by molar-refractivity contribution is -0.385. The number of hydrogen-bond acceptors (Lipinski definition) is 6. The average molecular weight is 377 g/mol. The zero-order valence-electron chi connectivity index (χ0n) is 13.2. The van der Waals surface area contributed by atoms with E-state index in [1.807, 2.05) is 0 Å². The van der Waals surface area contributed by atoms with Crippen molar-refractivity contribution in [1.29, 1.82) is 0 Å². The van der Waals surface area contributed by atoms with Crippen LogP contribution in [-0.2, 0) is 0 Å². The Labute approximate surface area is 149 Å². The number of aromatic carboxylic acids is 4. The summed E-state index contributed by atoms with van der Waals surface area (Å²) in [5.41, 5.74) is -1.43. The van der Waals surface area contributed by atoms with Crippen LogP contribution in [0, 0.1) is 10.1 Å². The van der Waals surface area contributed by atoms with E-state index in [0.29, 0.717) is 6.07 Å². The first kappa shape index (κ1) is 20.8. The molecular formula is C16H11NO10. The molecule has 2 aromatic rings. The van der Waals surface area contributed by atoms with Gasteiger partial charge in [0.05, 0.1) is 21.6 Å². The fourth-order valence-corrected chi connectivity index (χ4v) is 1.75. The van der Waals surface area contributed by atoms with Crippen LogP contribution in [0.3, 0.4) is 0 Å². The van der Waals surface area contributed by atoms with Crippen LogP contribution < -0.4 is 0 Å². The highest BCUT2D eigenvalue weighted by Gasteiger charge is 2.21. The maximum atomic E-state index is 10.6. The summed E-state index contributed by atoms with van der Waals surface area (Å²) in [7, 11) is 0. The molecule has 0 fully saturated rings. The highest BCUT2D eigenvalue weighted by Crippen LogP contribution is 2.20. The van der Waals surface area contributed by atoms with E-state index in [4.69, 9.17) is 20.4 Å². The molecule has 0 heterocycles. The lowest BCUT2D eigenvalue weighted by Crippen LogP contribution is -2.05. The van der Waals surface area contributed by atoms with Crippen molar-refractivity contribution in [2.24, 2.45) is 0 Å². The smallest absolute Gasteiger partial charge is 0.342 e. The zero-order chi connectivity index (χ0) is 20.7. The molecule has 0 saturated heterocycles. The predicted molar refractivity (Wildman–Crippen MR) is 87.4 cm³/mol. The zero-order valence-corrected chi connectivity index (χ0v) is 13.2. The van der Waals surface area contributed by atoms with Gasteiger partial charge in [0, 0.05) is 6.07 Å². The molecule has 0 radical (unpaired) electrons. The van der Waals surface area contributed by atoms with E-state index < -0.39 is 40.1 Å². The van der Waals surface area contributed by atoms with Gasteiger partial charge in [-0.25, -0.2) is 19.2 Å². The van der Waals surface area contributed by atoms with Crippen molar-refractivity contribution in [1.82, 2.24) is 0 Å². The molecule has 0 bridgehead atoms. The topological polar surface area (TPSA) is 192 Å². The van der Waals surface area contributed by atoms with Crippen LogP contribution in [0.1, 0.15) is 41.4 Å². The molecule has 0 aromatic heterocycles. The van der Waals surface area contributed by atoms with Crippen molar-refractivity contribution in [3.63, 3.8) is 0 Å². The van der Waals surface area contributed by atoms with Gasteiger partial charge >= 0.3 is 23.9 Å². The fourth-order valence-electron chi connectivity index (χ4n) is 1.75. The molecular weight excluding hydrogens is 366 g/mol. The summed E-state index contributed by atoms with van der Waals surface area (Å²) in [6.07, 6.45) is 0. The molecule has 4 N–H and O–H groups in total. The van der Waals surface area contributed by atoms with Gasteiger partial charge in [0.25, 0.3) is 5.69 Å². The summed E-state index contributed by atoms with van der Waals surface area (Å²) >= 11 is 0. The van der Waals surface area contributed by atoms with E-state index in [-0.39, 0.29) is 16.7 Å². The lowest BCUT2D eigenvalue weighted by Gasteiger charge is -1.99. The fraction of sp³-hybridized carbons (Fsp3) is 0. The minimum Gasteiger partial charge on any atom is -0.478 e. The van der Waals surface area contributed by atoms with E-state index in [0.717, 1.165) is 12.1 Å². The van der Waals surface area contributed by atoms with Crippen molar-refractivity contribution in [3.8, 4) is 0 Å². The summed E-state index contributed by atoms with van der Waals surface area (Å²) in [5.74, 6) is -4.95. The molecule has 0 spiro atoms. The summed E-state index contributed by atoms with van der Waals surface area (Å²) in [6, 6.07) is 7.63. The van der Waals surface area contributed by atoms with Crippen molar-refractivity contribution >= 4 is 29.6 Å². The van der Waals surface area contributed by atoms with Gasteiger partial charge in [-0.3, -0.25) is 10.1 Å². The molecule has 0 aliphatic heterocycles. The average Bonchev–Trinajstić information content (AvgIpc) is 2.61. The number of nitro groups is 1. The van der Waals surface area contributed by atoms with Crippen LogP contribution in [0.4, 0.5) is 5.69 Å². The minimum absolute atomic E-state index is 0.0833. The number of benzene rings is 2. The van der Waals surface area contributed by atoms with Gasteiger partial charge in [-0.1, -0.05) is 0 Å². The molecule has 11 heteroatoms. The summed E-state index contributed by atoms with van der Waals surface area (Å²) in [4.78, 5) is 51.2. The van der Waals surface area contributed by atoms with Gasteiger partial charge in [-0.05, 0) is 36.4 Å². The van der Waals surface area contributed by atoms with Crippen molar-refractivity contribution in [2.75, 3.05) is 0 Å². The molecule has 0 atom stereocenters. The Bertz CT molecular complexity index is 884. The second-order valence-electron chi connectivity index (χ2n) is 4.79. The number of nitrogens with zero attached hydrogens (tertiary/aromatic N) is 1. The molecule has 0 unspecified atom stereocenters. The maximum Gasteiger partial charge on any atom is 0.342 e. The number of carboxylic acids is 4. The second kappa shape index (κ2) is 8.71. The SMILES string of the molecule is O=C(O)c1ccc(C(=O)O)c([N+](=O)[O-])c1.O=C(O)c1ccc(C(=O)O)cc1. The summed E-state index contributed by atoms with van der Waals surface area (Å²) in [5, 5.41) is 44.5. The Morgan fingerprint density at radius 1 is 0.667 bits per heavy atom. The minimum atomic E-state index is -1.47. The summed E-state index contributed by atoms with van der Waals surface area (Å²) < 4.78 is 0. The monoisotopic (exact) mass is 377 g/mol. The highest BCUT2D eigenvalue weighted by atomic mass is 16.6. The van der Waals surface area contributed by atoms with Crippen LogP contribution in [-0.4, -0.2) is 49.2 Å². The lowest BCUT2D eigenvalue weighted by atomic mass is 10.1. The predicted octanol–water partition coefficient (Wildman–Crippen LogP) is 2.07. The first-order chi connectivity index (χ1) is 12.5. The standard InChI is InChI=1S/C8H5NO6.C8H6O4/c10-7(11)4-1-2-5(8(12)13)6(3-4)9(14)15;9-7(10)5-1-2-6(4-3-5)8(11)12/h1-3H,(H,10,11)(H,12,13);1-4H,(H,9,10)(H,11,12). The third-order valence-electron chi connectivity index (χ3n) is 3.05. The molecule has 0 aliphatic rings. The highest BCUT2D eigenvalue weighted by molar-refractivity contribution is 5.96. The van der Waals surface area contributed by atoms with Crippen molar-refractivity contribution < 1.29 is 44.5 Å². The van der Waals surface area contributed by atoms with Crippen molar-refractivity contribution in [2.45, 2.75) is 0 Å². The largest absolute Gasteiger partial charge is 0.478 e. The quantitative estimate of drug-likeness (QED) is 0.442. The van der Waals surface area contributed by atoms with Crippen LogP contribution in [0.2, 0.25) is 0 Å². The Kier molecular flexibility index (Phi) is 6.70. The maximum absolute atomic E-state index is 10.6. The van der Waals surface area contributed by atoms with Gasteiger partial charge in [0.15, 0.2) is 0 Å². The van der Waals surface area contributed by atoms with E-state index in [9.17, 15) is 29.3 Å². The Morgan fingerprint density at radius 3 is 1.33 bits per heavy atom. The third kappa shape index (κ3) is 5.63. The number of carboxylic acid groups (broad SMARTS) is 4. The molecule has 0 amide bonds. The van der Waals surface area contributed by atoms with Crippen molar-refractivity contribution in [3.05, 3.63) is 74.8 Å². The summed E-state index contributed by atoms with van der Waals surface area (Å²) in [6.45, 7) is 0. The van der Waals surface area contributed by atoms with Crippen LogP contribution in [0.15, 0.2) is 42.5 Å². The van der Waals surface area contributed by atoms with Gasteiger partial charge < -0.3 is 20.4 Å². The number of nitro benzene ring substituents is 1. The molecule has 140 valence electrons. The van der Waals surface area contributed by atoms with E-state index >= 15 is 0 Å². The number of rotatable bonds is 5. The Hall–Kier alpha value is -4.28.